The number of ketones is 3. The van der Waals surface area contributed by atoms with Gasteiger partial charge in [-0.2, -0.15) is 0 Å². The van der Waals surface area contributed by atoms with E-state index in [1.54, 1.807) is 6.08 Å². The second kappa shape index (κ2) is 6.04. The van der Waals surface area contributed by atoms with Gasteiger partial charge in [-0.05, 0) is 23.6 Å². The van der Waals surface area contributed by atoms with Crippen molar-refractivity contribution in [2.75, 3.05) is 6.79 Å². The van der Waals surface area contributed by atoms with E-state index < -0.39 is 28.8 Å². The fourth-order valence-electron chi connectivity index (χ4n) is 6.54. The molecule has 0 aromatic rings. The van der Waals surface area contributed by atoms with Crippen molar-refractivity contribution in [1.82, 2.24) is 0 Å². The van der Waals surface area contributed by atoms with Crippen molar-refractivity contribution in [1.29, 1.82) is 0 Å². The van der Waals surface area contributed by atoms with E-state index in [4.69, 9.17) is 25.4 Å². The van der Waals surface area contributed by atoms with Gasteiger partial charge in [-0.1, -0.05) is 6.58 Å². The molecule has 0 aromatic carbocycles. The molecule has 2 heterocycles. The van der Waals surface area contributed by atoms with Gasteiger partial charge in [0.25, 0.3) is 0 Å². The first-order chi connectivity index (χ1) is 14.8. The number of ether oxygens (including phenoxy) is 4. The lowest BCUT2D eigenvalue weighted by Gasteiger charge is -2.40. The van der Waals surface area contributed by atoms with Crippen LogP contribution in [0.4, 0.5) is 0 Å². The molecule has 2 aliphatic heterocycles. The van der Waals surface area contributed by atoms with Crippen LogP contribution in [0.5, 0.6) is 0 Å². The average Bonchev–Trinajstić information content (AvgIpc) is 3.40. The molecule has 0 aromatic heterocycles. The van der Waals surface area contributed by atoms with Crippen LogP contribution in [-0.4, -0.2) is 47.7 Å². The van der Waals surface area contributed by atoms with E-state index >= 15 is 0 Å². The van der Waals surface area contributed by atoms with Gasteiger partial charge in [0.15, 0.2) is 11.6 Å². The lowest BCUT2D eigenvalue weighted by Crippen LogP contribution is -2.51. The first-order valence-corrected chi connectivity index (χ1v) is 10.6. The molecule has 7 heteroatoms. The fourth-order valence-corrected chi connectivity index (χ4v) is 6.54. The number of rotatable bonds is 3. The van der Waals surface area contributed by atoms with Crippen LogP contribution in [0.2, 0.25) is 0 Å². The van der Waals surface area contributed by atoms with Crippen LogP contribution in [0.25, 0.3) is 0 Å². The minimum absolute atomic E-state index is 0.0229. The lowest BCUT2D eigenvalue weighted by atomic mass is 9.64. The molecule has 2 bridgehead atoms. The number of carbonyl (C=O) groups excluding carboxylic acids is 3. The van der Waals surface area contributed by atoms with Gasteiger partial charge in [-0.3, -0.25) is 14.4 Å². The Morgan fingerprint density at radius 1 is 1.23 bits per heavy atom. The van der Waals surface area contributed by atoms with Crippen molar-refractivity contribution in [2.45, 2.75) is 62.1 Å². The predicted octanol–water partition coefficient (Wildman–Crippen LogP) is 1.91. The van der Waals surface area contributed by atoms with Crippen molar-refractivity contribution in [3.05, 3.63) is 35.6 Å². The molecule has 6 aliphatic rings. The van der Waals surface area contributed by atoms with Crippen molar-refractivity contribution >= 4 is 17.3 Å². The molecule has 6 atom stereocenters. The Balaban J connectivity index is 1.31. The highest BCUT2D eigenvalue weighted by atomic mass is 16.7. The summed E-state index contributed by atoms with van der Waals surface area (Å²) < 4.78 is 23.8. The Hall–Kier alpha value is -2.53. The van der Waals surface area contributed by atoms with Crippen LogP contribution in [0, 0.1) is 23.7 Å². The normalized spacial score (nSPS) is 44.9. The molecule has 0 radical (unpaired) electrons. The number of fused-ring (bicyclic) bond motifs is 1. The molecule has 2 saturated carbocycles. The monoisotopic (exact) mass is 422 g/mol. The highest BCUT2D eigenvalue weighted by Crippen LogP contribution is 2.65. The third-order valence-electron chi connectivity index (χ3n) is 7.96. The fraction of sp³-hybridized carbons (Fsp3) is 0.542. The van der Waals surface area contributed by atoms with Crippen LogP contribution in [-0.2, 0) is 33.3 Å². The first-order valence-electron chi connectivity index (χ1n) is 10.6. The van der Waals surface area contributed by atoms with Gasteiger partial charge < -0.3 is 18.9 Å². The lowest BCUT2D eigenvalue weighted by molar-refractivity contribution is -0.149. The van der Waals surface area contributed by atoms with Gasteiger partial charge in [-0.15, -0.1) is 12.3 Å². The zero-order valence-electron chi connectivity index (χ0n) is 17.0. The molecular formula is C24H22O7. The Kier molecular flexibility index (Phi) is 3.73. The number of hydrogen-bond donors (Lipinski definition) is 0. The van der Waals surface area contributed by atoms with E-state index in [0.717, 1.165) is 5.57 Å². The summed E-state index contributed by atoms with van der Waals surface area (Å²) in [6, 6.07) is 0. The summed E-state index contributed by atoms with van der Waals surface area (Å²) in [5.41, 5.74) is -1.10. The number of Topliss-reactive ketones (excluding diaryl/α,β-unsaturated/α-hetero) is 1. The Bertz CT molecular complexity index is 1060. The highest BCUT2D eigenvalue weighted by molar-refractivity contribution is 6.06. The molecule has 160 valence electrons. The van der Waals surface area contributed by atoms with Gasteiger partial charge in [0.05, 0.1) is 11.5 Å². The van der Waals surface area contributed by atoms with Crippen LogP contribution < -0.4 is 0 Å². The van der Waals surface area contributed by atoms with Crippen molar-refractivity contribution in [3.63, 3.8) is 0 Å². The summed E-state index contributed by atoms with van der Waals surface area (Å²) in [6.45, 7) is 3.99. The number of terminal acetylenes is 1. The van der Waals surface area contributed by atoms with Gasteiger partial charge >= 0.3 is 0 Å². The zero-order valence-corrected chi connectivity index (χ0v) is 17.0. The van der Waals surface area contributed by atoms with E-state index in [1.165, 1.54) is 6.08 Å². The SMILES string of the molecule is C#CC[C@]12CC(=C)C(=O)C=C1OC(CC1C(=O)C=C3C[C@]45C[C@@]31C(=O)CC4OCO5)O2. The molecule has 4 aliphatic carbocycles. The molecule has 3 unspecified atom stereocenters. The van der Waals surface area contributed by atoms with E-state index in [2.05, 4.69) is 12.5 Å². The van der Waals surface area contributed by atoms with Gasteiger partial charge in [0, 0.05) is 44.1 Å². The quantitative estimate of drug-likeness (QED) is 0.507. The Morgan fingerprint density at radius 3 is 2.87 bits per heavy atom. The number of hydrogen-bond acceptors (Lipinski definition) is 7. The minimum Gasteiger partial charge on any atom is -0.466 e. The maximum Gasteiger partial charge on any atom is 0.201 e. The topological polar surface area (TPSA) is 88.1 Å². The molecular weight excluding hydrogens is 400 g/mol. The van der Waals surface area contributed by atoms with E-state index in [-0.39, 0.29) is 55.9 Å². The third kappa shape index (κ3) is 2.33. The minimum atomic E-state index is -0.943. The number of allylic oxidation sites excluding steroid dienone is 2. The second-order valence-corrected chi connectivity index (χ2v) is 9.49. The summed E-state index contributed by atoms with van der Waals surface area (Å²) >= 11 is 0. The summed E-state index contributed by atoms with van der Waals surface area (Å²) in [4.78, 5) is 38.5. The number of carbonyl (C=O) groups is 3. The van der Waals surface area contributed by atoms with E-state index in [0.29, 0.717) is 24.2 Å². The van der Waals surface area contributed by atoms with Crippen LogP contribution in [0.3, 0.4) is 0 Å². The molecule has 6 rings (SSSR count). The standard InChI is InChI=1S/C24H22O7/c1-3-4-22-9-13(2)16(25)7-20(22)30-21(31-22)6-15-17(26)5-14-10-23-11-24(14,15)18(27)8-19(23)28-12-29-23/h1,5,7,15,19,21H,2,4,6,8-12H2/t15?,19?,21?,22-,23-,24+/m0/s1. The van der Waals surface area contributed by atoms with E-state index in [1.807, 2.05) is 0 Å². The Morgan fingerprint density at radius 2 is 2.06 bits per heavy atom. The summed E-state index contributed by atoms with van der Waals surface area (Å²) in [7, 11) is 0. The molecule has 0 N–H and O–H groups in total. The largest absolute Gasteiger partial charge is 0.466 e. The van der Waals surface area contributed by atoms with E-state index in [9.17, 15) is 14.4 Å². The molecule has 0 amide bonds. The van der Waals surface area contributed by atoms with Gasteiger partial charge in [0.1, 0.15) is 29.5 Å². The Labute approximate surface area is 179 Å². The van der Waals surface area contributed by atoms with Crippen LogP contribution in [0.1, 0.15) is 38.5 Å². The van der Waals surface area contributed by atoms with Crippen LogP contribution >= 0.6 is 0 Å². The predicted molar refractivity (Wildman–Crippen MR) is 105 cm³/mol. The summed E-state index contributed by atoms with van der Waals surface area (Å²) in [5, 5.41) is 0. The third-order valence-corrected chi connectivity index (χ3v) is 7.96. The molecule has 2 saturated heterocycles. The van der Waals surface area contributed by atoms with Crippen molar-refractivity contribution in [2.24, 2.45) is 11.3 Å². The maximum absolute atomic E-state index is 13.3. The summed E-state index contributed by atoms with van der Waals surface area (Å²) in [5.74, 6) is 2.12. The average molecular weight is 422 g/mol. The van der Waals surface area contributed by atoms with Gasteiger partial charge in [0.2, 0.25) is 6.29 Å². The van der Waals surface area contributed by atoms with Crippen molar-refractivity contribution in [3.8, 4) is 12.3 Å². The van der Waals surface area contributed by atoms with Crippen molar-refractivity contribution < 1.29 is 33.3 Å². The zero-order chi connectivity index (χ0) is 21.6. The maximum atomic E-state index is 13.3. The molecule has 31 heavy (non-hydrogen) atoms. The molecule has 2 spiro atoms. The second-order valence-electron chi connectivity index (χ2n) is 9.49. The van der Waals surface area contributed by atoms with Crippen LogP contribution in [0.15, 0.2) is 35.6 Å². The highest BCUT2D eigenvalue weighted by Gasteiger charge is 2.71. The first kappa shape index (κ1) is 19.2. The molecule has 4 fully saturated rings. The van der Waals surface area contributed by atoms with Gasteiger partial charge in [-0.25, -0.2) is 0 Å². The summed E-state index contributed by atoms with van der Waals surface area (Å²) in [6.07, 6.45) is 9.44. The molecule has 7 nitrogen and oxygen atoms in total. The smallest absolute Gasteiger partial charge is 0.201 e.